The molecule has 2 heteroatoms. The fourth-order valence-corrected chi connectivity index (χ4v) is 4.00. The van der Waals surface area contributed by atoms with Gasteiger partial charge in [-0.1, -0.05) is 20.8 Å². The van der Waals surface area contributed by atoms with Gasteiger partial charge >= 0.3 is 0 Å². The predicted octanol–water partition coefficient (Wildman–Crippen LogP) is 2.99. The Morgan fingerprint density at radius 2 is 1.94 bits per heavy atom. The zero-order chi connectivity index (χ0) is 12.2. The van der Waals surface area contributed by atoms with Gasteiger partial charge in [0, 0.05) is 0 Å². The second kappa shape index (κ2) is 3.46. The molecule has 0 heterocycles. The van der Waals surface area contributed by atoms with E-state index < -0.39 is 5.60 Å². The van der Waals surface area contributed by atoms with Gasteiger partial charge in [-0.2, -0.15) is 0 Å². The van der Waals surface area contributed by atoms with Crippen molar-refractivity contribution in [3.63, 3.8) is 0 Å². The minimum atomic E-state index is -0.646. The highest BCUT2D eigenvalue weighted by atomic mass is 16.5. The normalized spacial score (nSPS) is 45.6. The van der Waals surface area contributed by atoms with Crippen LogP contribution >= 0.6 is 0 Å². The number of hydrogen-bond acceptors (Lipinski definition) is 2. The van der Waals surface area contributed by atoms with Crippen molar-refractivity contribution in [2.75, 3.05) is 6.61 Å². The zero-order valence-corrected chi connectivity index (χ0v) is 11.3. The number of fused-ring (bicyclic) bond motifs is 2. The number of ether oxygens (including phenoxy) is 1. The van der Waals surface area contributed by atoms with Crippen LogP contribution in [0.5, 0.6) is 0 Å². The van der Waals surface area contributed by atoms with Crippen LogP contribution in [-0.2, 0) is 4.74 Å². The molecule has 0 spiro atoms. The Hall–Kier alpha value is -0.0800. The number of rotatable bonds is 3. The molecule has 1 N–H and O–H groups in total. The first kappa shape index (κ1) is 12.4. The van der Waals surface area contributed by atoms with E-state index in [-0.39, 0.29) is 16.9 Å². The molecule has 0 saturated heterocycles. The van der Waals surface area contributed by atoms with Gasteiger partial charge in [0.05, 0.1) is 18.3 Å². The first-order chi connectivity index (χ1) is 7.23. The molecule has 0 aromatic carbocycles. The Morgan fingerprint density at radius 1 is 1.31 bits per heavy atom. The second-order valence-corrected chi connectivity index (χ2v) is 6.94. The van der Waals surface area contributed by atoms with Crippen LogP contribution in [-0.4, -0.2) is 23.4 Å². The van der Waals surface area contributed by atoms with Crippen molar-refractivity contribution in [3.05, 3.63) is 0 Å². The molecule has 16 heavy (non-hydrogen) atoms. The lowest BCUT2D eigenvalue weighted by atomic mass is 9.60. The maximum Gasteiger partial charge on any atom is 0.0986 e. The molecule has 0 amide bonds. The lowest BCUT2D eigenvalue weighted by Gasteiger charge is -2.50. The fourth-order valence-electron chi connectivity index (χ4n) is 4.00. The molecular weight excluding hydrogens is 200 g/mol. The van der Waals surface area contributed by atoms with E-state index >= 15 is 0 Å². The Bertz CT molecular complexity index is 278. The summed E-state index contributed by atoms with van der Waals surface area (Å²) >= 11 is 0. The topological polar surface area (TPSA) is 29.5 Å². The molecule has 2 fully saturated rings. The van der Waals surface area contributed by atoms with Gasteiger partial charge in [-0.05, 0) is 49.9 Å². The smallest absolute Gasteiger partial charge is 0.0986 e. The van der Waals surface area contributed by atoms with Gasteiger partial charge in [-0.3, -0.25) is 0 Å². The summed E-state index contributed by atoms with van der Waals surface area (Å²) in [5.41, 5.74) is -0.585. The van der Waals surface area contributed by atoms with Gasteiger partial charge in [0.25, 0.3) is 0 Å². The molecule has 2 aliphatic carbocycles. The van der Waals surface area contributed by atoms with Crippen molar-refractivity contribution in [2.24, 2.45) is 16.7 Å². The maximum absolute atomic E-state index is 11.1. The van der Waals surface area contributed by atoms with E-state index in [0.29, 0.717) is 12.5 Å². The van der Waals surface area contributed by atoms with E-state index in [9.17, 15) is 5.11 Å². The van der Waals surface area contributed by atoms with E-state index in [4.69, 9.17) is 4.74 Å². The summed E-state index contributed by atoms with van der Waals surface area (Å²) in [6.45, 7) is 11.2. The van der Waals surface area contributed by atoms with Crippen molar-refractivity contribution >= 4 is 0 Å². The molecule has 0 aromatic rings. The first-order valence-electron chi connectivity index (χ1n) is 6.57. The van der Waals surface area contributed by atoms with Crippen molar-refractivity contribution in [2.45, 2.75) is 65.6 Å². The molecule has 2 saturated carbocycles. The standard InChI is InChI=1S/C14H26O2/c1-10(2)16-9-14(15)12(3,4)11-6-7-13(14,5)8-11/h10-11,15H,6-9H2,1-5H3. The van der Waals surface area contributed by atoms with E-state index in [2.05, 4.69) is 20.8 Å². The van der Waals surface area contributed by atoms with Crippen LogP contribution in [0.4, 0.5) is 0 Å². The molecular formula is C14H26O2. The monoisotopic (exact) mass is 226 g/mol. The van der Waals surface area contributed by atoms with E-state index in [0.717, 1.165) is 12.8 Å². The van der Waals surface area contributed by atoms with Crippen LogP contribution in [0, 0.1) is 16.7 Å². The Morgan fingerprint density at radius 3 is 2.38 bits per heavy atom. The lowest BCUT2D eigenvalue weighted by molar-refractivity contribution is -0.186. The van der Waals surface area contributed by atoms with Crippen molar-refractivity contribution in [1.82, 2.24) is 0 Å². The minimum absolute atomic E-state index is 0.00507. The predicted molar refractivity (Wildman–Crippen MR) is 65.3 cm³/mol. The van der Waals surface area contributed by atoms with Gasteiger partial charge < -0.3 is 9.84 Å². The second-order valence-electron chi connectivity index (χ2n) is 6.94. The van der Waals surface area contributed by atoms with Crippen molar-refractivity contribution < 1.29 is 9.84 Å². The maximum atomic E-state index is 11.1. The van der Waals surface area contributed by atoms with Crippen molar-refractivity contribution in [3.8, 4) is 0 Å². The van der Waals surface area contributed by atoms with Crippen LogP contribution in [0.2, 0.25) is 0 Å². The zero-order valence-electron chi connectivity index (χ0n) is 11.3. The minimum Gasteiger partial charge on any atom is -0.386 e. The van der Waals surface area contributed by atoms with Gasteiger partial charge in [0.15, 0.2) is 0 Å². The highest BCUT2D eigenvalue weighted by molar-refractivity contribution is 5.18. The van der Waals surface area contributed by atoms with E-state index in [1.54, 1.807) is 0 Å². The van der Waals surface area contributed by atoms with Crippen LogP contribution in [0.3, 0.4) is 0 Å². The summed E-state index contributed by atoms with van der Waals surface area (Å²) in [5.74, 6) is 0.665. The van der Waals surface area contributed by atoms with Gasteiger partial charge in [0.2, 0.25) is 0 Å². The molecule has 2 aliphatic rings. The van der Waals surface area contributed by atoms with Crippen LogP contribution < -0.4 is 0 Å². The van der Waals surface area contributed by atoms with Crippen LogP contribution in [0.25, 0.3) is 0 Å². The van der Waals surface area contributed by atoms with Crippen LogP contribution in [0.15, 0.2) is 0 Å². The Labute approximate surface area is 99.4 Å². The van der Waals surface area contributed by atoms with E-state index in [1.165, 1.54) is 6.42 Å². The highest BCUT2D eigenvalue weighted by Crippen LogP contribution is 2.67. The molecule has 94 valence electrons. The summed E-state index contributed by atoms with van der Waals surface area (Å²) in [7, 11) is 0. The molecule has 2 rings (SSSR count). The average Bonchev–Trinajstić information content (AvgIpc) is 2.62. The largest absolute Gasteiger partial charge is 0.386 e. The van der Waals surface area contributed by atoms with Gasteiger partial charge in [-0.15, -0.1) is 0 Å². The summed E-state index contributed by atoms with van der Waals surface area (Å²) in [5, 5.41) is 11.1. The van der Waals surface area contributed by atoms with E-state index in [1.807, 2.05) is 13.8 Å². The summed E-state index contributed by atoms with van der Waals surface area (Å²) in [4.78, 5) is 0. The molecule has 3 unspecified atom stereocenters. The molecule has 0 aromatic heterocycles. The van der Waals surface area contributed by atoms with Crippen molar-refractivity contribution in [1.29, 1.82) is 0 Å². The quantitative estimate of drug-likeness (QED) is 0.801. The fraction of sp³-hybridized carbons (Fsp3) is 1.00. The Balaban J connectivity index is 2.23. The Kier molecular flexibility index (Phi) is 2.67. The molecule has 0 radical (unpaired) electrons. The number of hydrogen-bond donors (Lipinski definition) is 1. The third kappa shape index (κ3) is 1.39. The highest BCUT2D eigenvalue weighted by Gasteiger charge is 2.68. The van der Waals surface area contributed by atoms with Gasteiger partial charge in [-0.25, -0.2) is 0 Å². The molecule has 3 atom stereocenters. The summed E-state index contributed by atoms with van der Waals surface area (Å²) in [6.07, 6.45) is 3.78. The lowest BCUT2D eigenvalue weighted by Crippen LogP contribution is -2.57. The first-order valence-corrected chi connectivity index (χ1v) is 6.57. The summed E-state index contributed by atoms with van der Waals surface area (Å²) in [6, 6.07) is 0. The third-order valence-corrected chi connectivity index (χ3v) is 5.45. The van der Waals surface area contributed by atoms with Crippen LogP contribution in [0.1, 0.15) is 53.9 Å². The summed E-state index contributed by atoms with van der Waals surface area (Å²) < 4.78 is 5.73. The third-order valence-electron chi connectivity index (χ3n) is 5.45. The SMILES string of the molecule is CC(C)OCC1(O)C2(C)CCC(C2)C1(C)C. The molecule has 2 nitrogen and oxygen atoms in total. The molecule has 0 aliphatic heterocycles. The number of aliphatic hydroxyl groups is 1. The average molecular weight is 226 g/mol. The molecule has 2 bridgehead atoms. The van der Waals surface area contributed by atoms with Gasteiger partial charge in [0.1, 0.15) is 0 Å².